The molecule has 0 saturated carbocycles. The van der Waals surface area contributed by atoms with Crippen molar-refractivity contribution in [3.63, 3.8) is 0 Å². The standard InChI is InChI=1S/C15H20N2O3S/c1-3-13(17-9-5-8-14(17)18)15(19)16-11-6-4-7-12(10-11)21(2)20/h4,6-7,10,13H,3,5,8-9H2,1-2H3,(H,16,19)/t13-,21+/m0/s1. The summed E-state index contributed by atoms with van der Waals surface area (Å²) in [6.07, 6.45) is 3.51. The Labute approximate surface area is 127 Å². The van der Waals surface area contributed by atoms with Crippen molar-refractivity contribution in [1.29, 1.82) is 0 Å². The average Bonchev–Trinajstić information content (AvgIpc) is 2.86. The van der Waals surface area contributed by atoms with Crippen molar-refractivity contribution < 1.29 is 13.8 Å². The number of likely N-dealkylation sites (tertiary alicyclic amines) is 1. The molecule has 1 N–H and O–H groups in total. The van der Waals surface area contributed by atoms with E-state index in [-0.39, 0.29) is 11.8 Å². The second-order valence-electron chi connectivity index (χ2n) is 5.09. The van der Waals surface area contributed by atoms with Gasteiger partial charge in [-0.15, -0.1) is 0 Å². The quantitative estimate of drug-likeness (QED) is 0.901. The number of nitrogens with one attached hydrogen (secondary N) is 1. The lowest BCUT2D eigenvalue weighted by molar-refractivity contribution is -0.135. The number of hydrogen-bond donors (Lipinski definition) is 1. The summed E-state index contributed by atoms with van der Waals surface area (Å²) in [6.45, 7) is 2.54. The highest BCUT2D eigenvalue weighted by Crippen LogP contribution is 2.19. The zero-order valence-corrected chi connectivity index (χ0v) is 13.1. The smallest absolute Gasteiger partial charge is 0.247 e. The van der Waals surface area contributed by atoms with E-state index < -0.39 is 16.8 Å². The van der Waals surface area contributed by atoms with Crippen LogP contribution in [0.2, 0.25) is 0 Å². The van der Waals surface area contributed by atoms with Gasteiger partial charge in [-0.25, -0.2) is 0 Å². The number of anilines is 1. The Morgan fingerprint density at radius 1 is 1.48 bits per heavy atom. The summed E-state index contributed by atoms with van der Waals surface area (Å²) in [4.78, 5) is 26.5. The molecule has 21 heavy (non-hydrogen) atoms. The van der Waals surface area contributed by atoms with E-state index in [0.29, 0.717) is 30.0 Å². The molecule has 2 amide bonds. The van der Waals surface area contributed by atoms with E-state index in [4.69, 9.17) is 0 Å². The first kappa shape index (κ1) is 15.7. The van der Waals surface area contributed by atoms with Crippen LogP contribution >= 0.6 is 0 Å². The summed E-state index contributed by atoms with van der Waals surface area (Å²) >= 11 is 0. The fourth-order valence-corrected chi connectivity index (χ4v) is 3.09. The van der Waals surface area contributed by atoms with Crippen LogP contribution < -0.4 is 5.32 Å². The van der Waals surface area contributed by atoms with Crippen LogP contribution in [0.5, 0.6) is 0 Å². The number of amides is 2. The van der Waals surface area contributed by atoms with E-state index in [1.165, 1.54) is 0 Å². The Balaban J connectivity index is 2.10. The van der Waals surface area contributed by atoms with E-state index in [9.17, 15) is 13.8 Å². The Kier molecular flexibility index (Phi) is 5.12. The molecule has 0 aromatic heterocycles. The molecule has 0 aliphatic carbocycles. The van der Waals surface area contributed by atoms with Crippen molar-refractivity contribution in [3.8, 4) is 0 Å². The zero-order chi connectivity index (χ0) is 15.4. The predicted molar refractivity (Wildman–Crippen MR) is 82.4 cm³/mol. The Bertz CT molecular complexity index is 574. The van der Waals surface area contributed by atoms with E-state index in [0.717, 1.165) is 6.42 Å². The average molecular weight is 308 g/mol. The molecule has 2 rings (SSSR count). The van der Waals surface area contributed by atoms with Crippen LogP contribution in [0.1, 0.15) is 26.2 Å². The first-order valence-electron chi connectivity index (χ1n) is 7.06. The van der Waals surface area contributed by atoms with Gasteiger partial charge in [-0.3, -0.25) is 13.8 Å². The van der Waals surface area contributed by atoms with Gasteiger partial charge < -0.3 is 10.2 Å². The summed E-state index contributed by atoms with van der Waals surface area (Å²) < 4.78 is 11.5. The lowest BCUT2D eigenvalue weighted by atomic mass is 10.1. The molecule has 114 valence electrons. The first-order valence-corrected chi connectivity index (χ1v) is 8.62. The van der Waals surface area contributed by atoms with Crippen LogP contribution in [0.4, 0.5) is 5.69 Å². The minimum atomic E-state index is -1.09. The molecule has 0 unspecified atom stereocenters. The van der Waals surface area contributed by atoms with Gasteiger partial charge in [0, 0.05) is 40.6 Å². The third-order valence-corrected chi connectivity index (χ3v) is 4.53. The van der Waals surface area contributed by atoms with Crippen LogP contribution in [0.15, 0.2) is 29.2 Å². The molecular weight excluding hydrogens is 288 g/mol. The molecular formula is C15H20N2O3S. The minimum Gasteiger partial charge on any atom is -0.331 e. The van der Waals surface area contributed by atoms with Crippen molar-refractivity contribution in [2.24, 2.45) is 0 Å². The molecule has 0 bridgehead atoms. The Morgan fingerprint density at radius 2 is 2.24 bits per heavy atom. The van der Waals surface area contributed by atoms with Gasteiger partial charge in [0.2, 0.25) is 11.8 Å². The number of hydrogen-bond acceptors (Lipinski definition) is 3. The number of carbonyl (C=O) groups is 2. The normalized spacial score (nSPS) is 17.6. The maximum absolute atomic E-state index is 12.4. The van der Waals surface area contributed by atoms with Crippen molar-refractivity contribution in [2.75, 3.05) is 18.1 Å². The summed E-state index contributed by atoms with van der Waals surface area (Å²) in [5.41, 5.74) is 0.609. The largest absolute Gasteiger partial charge is 0.331 e. The van der Waals surface area contributed by atoms with Gasteiger partial charge in [-0.1, -0.05) is 13.0 Å². The van der Waals surface area contributed by atoms with Crippen LogP contribution in [0.3, 0.4) is 0 Å². The highest BCUT2D eigenvalue weighted by molar-refractivity contribution is 7.84. The molecule has 1 aromatic rings. The van der Waals surface area contributed by atoms with Crippen LogP contribution in [0, 0.1) is 0 Å². The SMILES string of the molecule is CC[C@@H](C(=O)Nc1cccc([S@@](C)=O)c1)N1CCCC1=O. The molecule has 1 aromatic carbocycles. The molecule has 0 radical (unpaired) electrons. The first-order chi connectivity index (χ1) is 10.0. The van der Waals surface area contributed by atoms with Crippen molar-refractivity contribution in [1.82, 2.24) is 4.90 Å². The summed E-state index contributed by atoms with van der Waals surface area (Å²) in [5.74, 6) is -0.146. The second-order valence-corrected chi connectivity index (χ2v) is 6.47. The fraction of sp³-hybridized carbons (Fsp3) is 0.467. The highest BCUT2D eigenvalue weighted by atomic mass is 32.2. The van der Waals surface area contributed by atoms with Crippen molar-refractivity contribution in [2.45, 2.75) is 37.1 Å². The van der Waals surface area contributed by atoms with Crippen LogP contribution in [0.25, 0.3) is 0 Å². The molecule has 1 fully saturated rings. The monoisotopic (exact) mass is 308 g/mol. The van der Waals surface area contributed by atoms with E-state index in [1.807, 2.05) is 6.92 Å². The van der Waals surface area contributed by atoms with Gasteiger partial charge in [-0.05, 0) is 31.0 Å². The maximum atomic E-state index is 12.4. The molecule has 0 spiro atoms. The third-order valence-electron chi connectivity index (χ3n) is 3.61. The lowest BCUT2D eigenvalue weighted by Crippen LogP contribution is -2.44. The van der Waals surface area contributed by atoms with Crippen LogP contribution in [-0.2, 0) is 20.4 Å². The predicted octanol–water partition coefficient (Wildman–Crippen LogP) is 1.76. The fourth-order valence-electron chi connectivity index (χ4n) is 2.52. The molecule has 6 heteroatoms. The number of benzene rings is 1. The van der Waals surface area contributed by atoms with Gasteiger partial charge in [0.05, 0.1) is 0 Å². The van der Waals surface area contributed by atoms with Crippen molar-refractivity contribution >= 4 is 28.3 Å². The van der Waals surface area contributed by atoms with Gasteiger partial charge >= 0.3 is 0 Å². The van der Waals surface area contributed by atoms with Gasteiger partial charge in [0.25, 0.3) is 0 Å². The lowest BCUT2D eigenvalue weighted by Gasteiger charge is -2.25. The van der Waals surface area contributed by atoms with Gasteiger partial charge in [0.1, 0.15) is 6.04 Å². The number of rotatable bonds is 5. The number of nitrogens with zero attached hydrogens (tertiary/aromatic N) is 1. The van der Waals surface area contributed by atoms with E-state index in [1.54, 1.807) is 35.4 Å². The van der Waals surface area contributed by atoms with E-state index in [2.05, 4.69) is 5.32 Å². The molecule has 1 aliphatic rings. The molecule has 5 nitrogen and oxygen atoms in total. The Hall–Kier alpha value is -1.69. The van der Waals surface area contributed by atoms with Crippen LogP contribution in [-0.4, -0.2) is 39.8 Å². The molecule has 1 saturated heterocycles. The van der Waals surface area contributed by atoms with Gasteiger partial charge in [0.15, 0.2) is 0 Å². The topological polar surface area (TPSA) is 66.5 Å². The highest BCUT2D eigenvalue weighted by Gasteiger charge is 2.31. The molecule has 2 atom stereocenters. The van der Waals surface area contributed by atoms with E-state index >= 15 is 0 Å². The summed E-state index contributed by atoms with van der Waals surface area (Å²) in [6, 6.07) is 6.54. The maximum Gasteiger partial charge on any atom is 0.247 e. The third kappa shape index (κ3) is 3.69. The second kappa shape index (κ2) is 6.85. The summed E-state index contributed by atoms with van der Waals surface area (Å²) in [7, 11) is -1.09. The molecule has 1 aliphatic heterocycles. The van der Waals surface area contributed by atoms with Crippen molar-refractivity contribution in [3.05, 3.63) is 24.3 Å². The zero-order valence-electron chi connectivity index (χ0n) is 12.3. The number of carbonyl (C=O) groups excluding carboxylic acids is 2. The van der Waals surface area contributed by atoms with Gasteiger partial charge in [-0.2, -0.15) is 0 Å². The Morgan fingerprint density at radius 3 is 2.81 bits per heavy atom. The molecule has 1 heterocycles. The minimum absolute atomic E-state index is 0.0420. The summed E-state index contributed by atoms with van der Waals surface area (Å²) in [5, 5.41) is 2.82.